The first-order valence-corrected chi connectivity index (χ1v) is 14.8. The first-order valence-electron chi connectivity index (χ1n) is 11.9. The van der Waals surface area contributed by atoms with Crippen LogP contribution in [0.1, 0.15) is 44.9 Å². The van der Waals surface area contributed by atoms with Gasteiger partial charge < -0.3 is 0 Å². The maximum Gasteiger partial charge on any atom is 0.357 e. The maximum absolute atomic E-state index is 12.4. The van der Waals surface area contributed by atoms with Crippen LogP contribution >= 0.6 is 0 Å². The number of urea groups is 1. The number of carbonyl (C=O) groups excluding carboxylic acids is 1. The highest BCUT2D eigenvalue weighted by molar-refractivity contribution is 7.90. The largest absolute Gasteiger partial charge is 0.357 e. The van der Waals surface area contributed by atoms with Crippen molar-refractivity contribution >= 4 is 26.1 Å². The molecule has 14 nitrogen and oxygen atoms in total. The predicted molar refractivity (Wildman–Crippen MR) is 146 cm³/mol. The lowest BCUT2D eigenvalue weighted by Gasteiger charge is -2.20. The fourth-order valence-electron chi connectivity index (χ4n) is 3.11. The molecular weight excluding hydrogens is 560 g/mol. The molecule has 3 rings (SSSR count). The number of nitrogens with zero attached hydrogens (tertiary/aromatic N) is 4. The summed E-state index contributed by atoms with van der Waals surface area (Å²) in [6.07, 6.45) is 1.73. The molecular formula is C24H32N8O6S2. The Morgan fingerprint density at radius 3 is 1.82 bits per heavy atom. The van der Waals surface area contributed by atoms with Crippen molar-refractivity contribution in [2.24, 2.45) is 0 Å². The lowest BCUT2D eigenvalue weighted by Crippen LogP contribution is -2.49. The average Bonchev–Trinajstić information content (AvgIpc) is 3.17. The summed E-state index contributed by atoms with van der Waals surface area (Å²) < 4.78 is 52.2. The molecule has 1 aromatic heterocycles. The Hall–Kier alpha value is -4.36. The Bertz CT molecular complexity index is 1710. The fraction of sp³-hybridized carbons (Fsp3) is 0.333. The van der Waals surface area contributed by atoms with E-state index in [1.54, 1.807) is 58.2 Å². The molecule has 40 heavy (non-hydrogen) atoms. The quantitative estimate of drug-likeness (QED) is 0.180. The summed E-state index contributed by atoms with van der Waals surface area (Å²) in [4.78, 5) is 23.4. The molecule has 16 heteroatoms. The second-order valence-electron chi connectivity index (χ2n) is 9.21. The van der Waals surface area contributed by atoms with Crippen LogP contribution in [-0.4, -0.2) is 47.7 Å². The minimum atomic E-state index is -4.07. The fourth-order valence-corrected chi connectivity index (χ4v) is 5.28. The summed E-state index contributed by atoms with van der Waals surface area (Å²) in [7, 11) is -8.02. The van der Waals surface area contributed by atoms with Crippen LogP contribution in [0, 0.1) is 30.7 Å². The lowest BCUT2D eigenvalue weighted by molar-refractivity contribution is 0.202. The molecule has 0 saturated heterocycles. The number of amides is 2. The highest BCUT2D eigenvalue weighted by Crippen LogP contribution is 2.12. The molecule has 3 aromatic rings. The molecule has 0 aliphatic rings. The number of hydrazine groups is 1. The van der Waals surface area contributed by atoms with Crippen molar-refractivity contribution < 1.29 is 21.6 Å². The molecule has 0 radical (unpaired) electrons. The highest BCUT2D eigenvalue weighted by atomic mass is 32.2. The van der Waals surface area contributed by atoms with E-state index in [0.29, 0.717) is 3.97 Å². The van der Waals surface area contributed by atoms with Gasteiger partial charge in [-0.1, -0.05) is 35.4 Å². The molecule has 1 heterocycles. The Balaban J connectivity index is 0.000000280. The van der Waals surface area contributed by atoms with Crippen LogP contribution in [0.5, 0.6) is 0 Å². The van der Waals surface area contributed by atoms with E-state index >= 15 is 0 Å². The molecule has 0 spiro atoms. The molecule has 0 atom stereocenters. The molecule has 0 fully saturated rings. The van der Waals surface area contributed by atoms with Gasteiger partial charge in [0.1, 0.15) is 0 Å². The van der Waals surface area contributed by atoms with Gasteiger partial charge in [-0.3, -0.25) is 5.41 Å². The summed E-state index contributed by atoms with van der Waals surface area (Å²) in [6, 6.07) is 10.7. The van der Waals surface area contributed by atoms with Crippen molar-refractivity contribution in [3.8, 4) is 6.19 Å². The molecule has 0 unspecified atom stereocenters. The van der Waals surface area contributed by atoms with E-state index in [0.717, 1.165) is 16.1 Å². The molecule has 4 N–H and O–H groups in total. The van der Waals surface area contributed by atoms with Gasteiger partial charge in [0.15, 0.2) is 6.19 Å². The van der Waals surface area contributed by atoms with E-state index in [2.05, 4.69) is 10.5 Å². The van der Waals surface area contributed by atoms with Gasteiger partial charge in [-0.2, -0.15) is 5.26 Å². The van der Waals surface area contributed by atoms with E-state index in [1.165, 1.54) is 28.9 Å². The third kappa shape index (κ3) is 7.61. The number of nitriles is 1. The number of rotatable bonds is 7. The van der Waals surface area contributed by atoms with E-state index < -0.39 is 37.4 Å². The van der Waals surface area contributed by atoms with Crippen molar-refractivity contribution in [2.75, 3.05) is 0 Å². The number of aryl methyl sites for hydroxylation is 2. The third-order valence-electron chi connectivity index (χ3n) is 5.30. The summed E-state index contributed by atoms with van der Waals surface area (Å²) in [6.45, 7) is 10.5. The van der Waals surface area contributed by atoms with Crippen molar-refractivity contribution in [1.82, 2.24) is 28.9 Å². The molecule has 2 amide bonds. The second-order valence-corrected chi connectivity index (χ2v) is 12.7. The number of benzene rings is 2. The van der Waals surface area contributed by atoms with E-state index in [-0.39, 0.29) is 21.9 Å². The normalized spacial score (nSPS) is 11.4. The van der Waals surface area contributed by atoms with Gasteiger partial charge >= 0.3 is 11.7 Å². The van der Waals surface area contributed by atoms with Gasteiger partial charge in [-0.15, -0.1) is 3.97 Å². The number of hydrogen-bond donors (Lipinski definition) is 4. The van der Waals surface area contributed by atoms with Crippen molar-refractivity contribution in [2.45, 2.75) is 63.4 Å². The van der Waals surface area contributed by atoms with Crippen molar-refractivity contribution in [3.63, 3.8) is 0 Å². The molecule has 0 aliphatic heterocycles. The Labute approximate surface area is 232 Å². The number of H-pyrrole nitrogens is 1. The summed E-state index contributed by atoms with van der Waals surface area (Å²) in [5.74, 6) is 0. The smallest absolute Gasteiger partial charge is 0.266 e. The zero-order chi connectivity index (χ0) is 30.4. The van der Waals surface area contributed by atoms with Gasteiger partial charge in [0.2, 0.25) is 5.62 Å². The summed E-state index contributed by atoms with van der Waals surface area (Å²) in [5, 5.41) is 19.9. The van der Waals surface area contributed by atoms with Crippen molar-refractivity contribution in [1.29, 1.82) is 10.7 Å². The zero-order valence-electron chi connectivity index (χ0n) is 22.8. The van der Waals surface area contributed by atoms with Crippen LogP contribution in [0.4, 0.5) is 4.79 Å². The zero-order valence-corrected chi connectivity index (χ0v) is 24.5. The minimum absolute atomic E-state index is 0.0198. The first kappa shape index (κ1) is 31.9. The Morgan fingerprint density at radius 1 is 0.950 bits per heavy atom. The second kappa shape index (κ2) is 12.7. The number of aromatic amines is 1. The Kier molecular flexibility index (Phi) is 10.1. The number of nitrogens with one attached hydrogen (secondary N) is 4. The van der Waals surface area contributed by atoms with E-state index in [1.807, 2.05) is 18.6 Å². The van der Waals surface area contributed by atoms with Gasteiger partial charge in [0, 0.05) is 6.04 Å². The number of aromatic nitrogens is 3. The lowest BCUT2D eigenvalue weighted by atomic mass is 10.2. The minimum Gasteiger partial charge on any atom is -0.266 e. The van der Waals surface area contributed by atoms with Gasteiger partial charge in [0.05, 0.1) is 15.8 Å². The molecule has 0 bridgehead atoms. The monoisotopic (exact) mass is 592 g/mol. The standard InChI is InChI=1S/2C12H16N4O3S/c1-8(2)15-11(13)16(12(17)14-15)20(18,19)10-6-4-9(3)5-7-10;1-9(2)16(8-13)14-12(17)15-20(18,19)11-6-4-10(3)5-7-11/h4-8,13H,1-3H3,(H,14,17);4-7,9H,1-3H3,(H2,14,15,17). The summed E-state index contributed by atoms with van der Waals surface area (Å²) in [5.41, 5.74) is 2.72. The summed E-state index contributed by atoms with van der Waals surface area (Å²) >= 11 is 0. The molecule has 0 saturated carbocycles. The molecule has 216 valence electrons. The van der Waals surface area contributed by atoms with Crippen LogP contribution < -0.4 is 21.5 Å². The van der Waals surface area contributed by atoms with Crippen LogP contribution in [-0.2, 0) is 20.0 Å². The van der Waals surface area contributed by atoms with E-state index in [9.17, 15) is 26.4 Å². The third-order valence-corrected chi connectivity index (χ3v) is 8.34. The SMILES string of the molecule is Cc1ccc(S(=O)(=O)NC(=O)NN(C#N)C(C)C)cc1.Cc1ccc(S(=O)(=O)n2c(=O)[nH]n(C(C)C)c2=N)cc1. The van der Waals surface area contributed by atoms with Crippen LogP contribution in [0.3, 0.4) is 0 Å². The Morgan fingerprint density at radius 2 is 1.43 bits per heavy atom. The number of carbonyl (C=O) groups is 1. The highest BCUT2D eigenvalue weighted by Gasteiger charge is 2.23. The van der Waals surface area contributed by atoms with Gasteiger partial charge in [-0.05, 0) is 65.8 Å². The topological polar surface area (TPSA) is 203 Å². The van der Waals surface area contributed by atoms with Crippen molar-refractivity contribution in [3.05, 3.63) is 75.8 Å². The van der Waals surface area contributed by atoms with Crippen LogP contribution in [0.25, 0.3) is 0 Å². The van der Waals surface area contributed by atoms with Crippen LogP contribution in [0.2, 0.25) is 0 Å². The first-order chi connectivity index (χ1) is 18.5. The van der Waals surface area contributed by atoms with Crippen LogP contribution in [0.15, 0.2) is 63.1 Å². The molecule has 0 aliphatic carbocycles. The molecule has 2 aromatic carbocycles. The maximum atomic E-state index is 12.4. The van der Waals surface area contributed by atoms with Gasteiger partial charge in [-0.25, -0.2) is 51.4 Å². The average molecular weight is 593 g/mol. The number of hydrogen-bond acceptors (Lipinski definition) is 9. The van der Waals surface area contributed by atoms with E-state index in [4.69, 9.17) is 10.7 Å². The number of sulfonamides is 1. The van der Waals surface area contributed by atoms with Gasteiger partial charge in [0.25, 0.3) is 20.0 Å². The predicted octanol–water partition coefficient (Wildman–Crippen LogP) is 1.67.